The first-order valence-corrected chi connectivity index (χ1v) is 9.97. The molecule has 0 radical (unpaired) electrons. The first kappa shape index (κ1) is 17.4. The molecule has 28 heavy (non-hydrogen) atoms. The number of hydrogen-bond donors (Lipinski definition) is 1. The Kier molecular flexibility index (Phi) is 3.98. The quantitative estimate of drug-likeness (QED) is 0.884. The first-order valence-electron chi connectivity index (χ1n) is 9.97. The van der Waals surface area contributed by atoms with Crippen molar-refractivity contribution >= 4 is 5.91 Å². The molecule has 3 aliphatic rings. The summed E-state index contributed by atoms with van der Waals surface area (Å²) in [6.07, 6.45) is 5.93. The summed E-state index contributed by atoms with van der Waals surface area (Å²) in [6, 6.07) is 6.41. The van der Waals surface area contributed by atoms with E-state index in [-0.39, 0.29) is 5.91 Å². The summed E-state index contributed by atoms with van der Waals surface area (Å²) in [5.41, 5.74) is 3.14. The van der Waals surface area contributed by atoms with Gasteiger partial charge in [-0.15, -0.1) is 0 Å². The van der Waals surface area contributed by atoms with E-state index in [1.807, 2.05) is 25.3 Å². The Labute approximate surface area is 163 Å². The number of pyridine rings is 1. The highest BCUT2D eigenvalue weighted by atomic mass is 16.5. The summed E-state index contributed by atoms with van der Waals surface area (Å²) >= 11 is 0. The van der Waals surface area contributed by atoms with Crippen LogP contribution in [0.25, 0.3) is 5.69 Å². The molecule has 5 rings (SSSR count). The van der Waals surface area contributed by atoms with E-state index in [1.165, 1.54) is 0 Å². The van der Waals surface area contributed by atoms with Crippen molar-refractivity contribution in [1.82, 2.24) is 20.1 Å². The predicted octanol–water partition coefficient (Wildman–Crippen LogP) is 2.60. The zero-order valence-electron chi connectivity index (χ0n) is 15.9. The zero-order valence-corrected chi connectivity index (χ0v) is 15.9. The monoisotopic (exact) mass is 377 g/mol. The van der Waals surface area contributed by atoms with Gasteiger partial charge >= 0.3 is 0 Å². The SMILES string of the molecule is C[C@@](C#N)(c1cc(-n2ccc(C3CCOCC3)n2)c2c(n1)CNC2=O)C1CC1. The van der Waals surface area contributed by atoms with Crippen molar-refractivity contribution in [3.05, 3.63) is 41.0 Å². The minimum atomic E-state index is -0.633. The molecule has 0 spiro atoms. The number of ether oxygens (including phenoxy) is 1. The van der Waals surface area contributed by atoms with Crippen molar-refractivity contribution in [2.24, 2.45) is 5.92 Å². The van der Waals surface area contributed by atoms with E-state index in [2.05, 4.69) is 11.4 Å². The molecule has 2 aliphatic heterocycles. The minimum absolute atomic E-state index is 0.128. The lowest BCUT2D eigenvalue weighted by molar-refractivity contribution is 0.0844. The number of hydrogen-bond acceptors (Lipinski definition) is 5. The topological polar surface area (TPSA) is 92.8 Å². The molecule has 0 aromatic carbocycles. The molecule has 0 bridgehead atoms. The lowest BCUT2D eigenvalue weighted by Gasteiger charge is -2.22. The average Bonchev–Trinajstić information content (AvgIpc) is 3.36. The maximum absolute atomic E-state index is 12.5. The first-order chi connectivity index (χ1) is 13.6. The van der Waals surface area contributed by atoms with Crippen LogP contribution in [0, 0.1) is 17.2 Å². The van der Waals surface area contributed by atoms with Crippen LogP contribution in [0.1, 0.15) is 66.0 Å². The van der Waals surface area contributed by atoms with Gasteiger partial charge in [-0.1, -0.05) is 0 Å². The van der Waals surface area contributed by atoms with Gasteiger partial charge in [0.25, 0.3) is 5.91 Å². The molecular weight excluding hydrogens is 354 g/mol. The maximum Gasteiger partial charge on any atom is 0.255 e. The fourth-order valence-corrected chi connectivity index (χ4v) is 4.36. The van der Waals surface area contributed by atoms with Gasteiger partial charge in [0.2, 0.25) is 0 Å². The van der Waals surface area contributed by atoms with Crippen molar-refractivity contribution in [1.29, 1.82) is 5.26 Å². The predicted molar refractivity (Wildman–Crippen MR) is 101 cm³/mol. The number of nitrogens with one attached hydrogen (secondary N) is 1. The zero-order chi connectivity index (χ0) is 19.3. The standard InChI is InChI=1S/C21H23N5O2/c1-21(12-22,14-2-3-14)18-10-17(19-16(24-18)11-23-20(19)27)26-7-4-15(25-26)13-5-8-28-9-6-13/h4,7,10,13-14H,2-3,5-6,8-9,11H2,1H3,(H,23,27)/t21-/m0/s1. The lowest BCUT2D eigenvalue weighted by Crippen LogP contribution is -2.25. The highest BCUT2D eigenvalue weighted by Crippen LogP contribution is 2.47. The summed E-state index contributed by atoms with van der Waals surface area (Å²) < 4.78 is 7.24. The summed E-state index contributed by atoms with van der Waals surface area (Å²) in [5.74, 6) is 0.586. The van der Waals surface area contributed by atoms with Gasteiger partial charge < -0.3 is 10.1 Å². The molecule has 1 saturated carbocycles. The fourth-order valence-electron chi connectivity index (χ4n) is 4.36. The maximum atomic E-state index is 12.5. The third-order valence-electron chi connectivity index (χ3n) is 6.37. The summed E-state index contributed by atoms with van der Waals surface area (Å²) in [6.45, 7) is 3.88. The third-order valence-corrected chi connectivity index (χ3v) is 6.37. The smallest absolute Gasteiger partial charge is 0.255 e. The molecule has 1 aliphatic carbocycles. The van der Waals surface area contributed by atoms with Crippen LogP contribution < -0.4 is 5.32 Å². The van der Waals surface area contributed by atoms with Gasteiger partial charge in [-0.3, -0.25) is 9.78 Å². The van der Waals surface area contributed by atoms with Crippen molar-refractivity contribution in [2.75, 3.05) is 13.2 Å². The van der Waals surface area contributed by atoms with Crippen molar-refractivity contribution in [2.45, 2.75) is 50.5 Å². The van der Waals surface area contributed by atoms with Crippen molar-refractivity contribution in [3.63, 3.8) is 0 Å². The number of carbonyl (C=O) groups is 1. The summed E-state index contributed by atoms with van der Waals surface area (Å²) in [5, 5.41) is 17.5. The van der Waals surface area contributed by atoms with E-state index < -0.39 is 5.41 Å². The Balaban J connectivity index is 1.60. The van der Waals surface area contributed by atoms with E-state index >= 15 is 0 Å². The molecule has 7 heteroatoms. The van der Waals surface area contributed by atoms with E-state index in [4.69, 9.17) is 14.8 Å². The number of amides is 1. The Morgan fingerprint density at radius 1 is 1.32 bits per heavy atom. The number of carbonyl (C=O) groups excluding carboxylic acids is 1. The van der Waals surface area contributed by atoms with Gasteiger partial charge in [-0.05, 0) is 50.7 Å². The van der Waals surface area contributed by atoms with Gasteiger partial charge in [0, 0.05) is 25.3 Å². The molecule has 1 N–H and O–H groups in total. The Hall–Kier alpha value is -2.72. The summed E-state index contributed by atoms with van der Waals surface area (Å²) in [4.78, 5) is 17.2. The number of nitriles is 1. The second-order valence-electron chi connectivity index (χ2n) is 8.19. The van der Waals surface area contributed by atoms with Crippen LogP contribution in [0.2, 0.25) is 0 Å². The van der Waals surface area contributed by atoms with Crippen molar-refractivity contribution < 1.29 is 9.53 Å². The molecule has 4 heterocycles. The van der Waals surface area contributed by atoms with Gasteiger partial charge in [0.1, 0.15) is 0 Å². The number of aromatic nitrogens is 3. The molecule has 1 amide bonds. The molecule has 1 atom stereocenters. The highest BCUT2D eigenvalue weighted by molar-refractivity contribution is 6.01. The number of nitrogens with zero attached hydrogens (tertiary/aromatic N) is 4. The number of rotatable bonds is 4. The Bertz CT molecular complexity index is 981. The van der Waals surface area contributed by atoms with E-state index in [0.717, 1.165) is 56.0 Å². The second-order valence-corrected chi connectivity index (χ2v) is 8.19. The molecule has 7 nitrogen and oxygen atoms in total. The fraction of sp³-hybridized carbons (Fsp3) is 0.524. The van der Waals surface area contributed by atoms with Crippen LogP contribution in [0.5, 0.6) is 0 Å². The molecule has 0 unspecified atom stereocenters. The lowest BCUT2D eigenvalue weighted by atomic mass is 9.82. The van der Waals surface area contributed by atoms with E-state index in [0.29, 0.717) is 29.6 Å². The molecule has 2 aromatic rings. The van der Waals surface area contributed by atoms with E-state index in [1.54, 1.807) is 4.68 Å². The Morgan fingerprint density at radius 2 is 2.11 bits per heavy atom. The highest BCUT2D eigenvalue weighted by Gasteiger charge is 2.45. The van der Waals surface area contributed by atoms with Crippen LogP contribution in [0.15, 0.2) is 18.3 Å². The second kappa shape index (κ2) is 6.42. The normalized spacial score (nSPS) is 21.6. The van der Waals surface area contributed by atoms with Gasteiger partial charge in [0.15, 0.2) is 0 Å². The summed E-state index contributed by atoms with van der Waals surface area (Å²) in [7, 11) is 0. The van der Waals surface area contributed by atoms with Crippen LogP contribution >= 0.6 is 0 Å². The van der Waals surface area contributed by atoms with Gasteiger partial charge in [-0.2, -0.15) is 10.4 Å². The average molecular weight is 377 g/mol. The van der Waals surface area contributed by atoms with Gasteiger partial charge in [-0.25, -0.2) is 4.68 Å². The molecular formula is C21H23N5O2. The van der Waals surface area contributed by atoms with E-state index in [9.17, 15) is 10.1 Å². The molecule has 2 fully saturated rings. The van der Waals surface area contributed by atoms with Crippen LogP contribution in [-0.4, -0.2) is 33.9 Å². The minimum Gasteiger partial charge on any atom is -0.381 e. The molecule has 144 valence electrons. The van der Waals surface area contributed by atoms with Crippen LogP contribution in [0.3, 0.4) is 0 Å². The van der Waals surface area contributed by atoms with Crippen molar-refractivity contribution in [3.8, 4) is 11.8 Å². The molecule has 1 saturated heterocycles. The molecule has 2 aromatic heterocycles. The van der Waals surface area contributed by atoms with Gasteiger partial charge in [0.05, 0.1) is 46.4 Å². The van der Waals surface area contributed by atoms with Crippen LogP contribution in [0.4, 0.5) is 0 Å². The van der Waals surface area contributed by atoms with Crippen LogP contribution in [-0.2, 0) is 16.7 Å². The number of fused-ring (bicyclic) bond motifs is 1. The largest absolute Gasteiger partial charge is 0.381 e. The third kappa shape index (κ3) is 2.71. The Morgan fingerprint density at radius 3 is 2.82 bits per heavy atom.